The van der Waals surface area contributed by atoms with Crippen LogP contribution in [0.5, 0.6) is 0 Å². The molecule has 0 aromatic heterocycles. The number of amides is 2. The predicted octanol–water partition coefficient (Wildman–Crippen LogP) is -1.18. The van der Waals surface area contributed by atoms with Crippen molar-refractivity contribution in [2.45, 2.75) is 57.5 Å². The minimum atomic E-state index is -1.60. The summed E-state index contributed by atoms with van der Waals surface area (Å²) in [5, 5.41) is 15.9. The Bertz CT molecular complexity index is 520. The molecule has 0 heterocycles. The molecule has 0 aromatic carbocycles. The zero-order valence-electron chi connectivity index (χ0n) is 17.4. The average Bonchev–Trinajstić information content (AvgIpc) is 2.67. The Hall–Kier alpha value is -2.17. The van der Waals surface area contributed by atoms with Gasteiger partial charge in [0.15, 0.2) is 12.1 Å². The number of primary amides is 1. The van der Waals surface area contributed by atoms with Crippen molar-refractivity contribution in [3.8, 4) is 0 Å². The first kappa shape index (κ1) is 26.8. The van der Waals surface area contributed by atoms with E-state index in [9.17, 15) is 14.7 Å². The molecule has 10 heteroatoms. The SMILES string of the molecule is NCCCNCCCCNC(=O)C(=CCCCCCCN=C(N)N)C(O)C(N)=O. The molecule has 0 fully saturated rings. The van der Waals surface area contributed by atoms with Crippen molar-refractivity contribution in [1.29, 1.82) is 0 Å². The summed E-state index contributed by atoms with van der Waals surface area (Å²) in [6.45, 7) is 3.46. The zero-order chi connectivity index (χ0) is 21.9. The van der Waals surface area contributed by atoms with Gasteiger partial charge >= 0.3 is 0 Å². The summed E-state index contributed by atoms with van der Waals surface area (Å²) in [5.74, 6) is -1.31. The maximum atomic E-state index is 12.3. The quantitative estimate of drug-likeness (QED) is 0.0635. The third kappa shape index (κ3) is 15.4. The maximum absolute atomic E-state index is 12.3. The van der Waals surface area contributed by atoms with Crippen molar-refractivity contribution < 1.29 is 14.7 Å². The minimum absolute atomic E-state index is 0.0130. The normalized spacial score (nSPS) is 12.4. The number of allylic oxidation sites excluding steroid dienone is 1. The van der Waals surface area contributed by atoms with Crippen LogP contribution in [0.2, 0.25) is 0 Å². The summed E-state index contributed by atoms with van der Waals surface area (Å²) in [7, 11) is 0. The Morgan fingerprint density at radius 3 is 2.24 bits per heavy atom. The van der Waals surface area contributed by atoms with E-state index in [1.54, 1.807) is 6.08 Å². The van der Waals surface area contributed by atoms with E-state index < -0.39 is 17.9 Å². The number of aliphatic hydroxyl groups is 1. The molecular formula is C19H39N7O3. The van der Waals surface area contributed by atoms with Crippen LogP contribution in [0.1, 0.15) is 51.4 Å². The molecule has 29 heavy (non-hydrogen) atoms. The Kier molecular flexibility index (Phi) is 16.6. The van der Waals surface area contributed by atoms with Gasteiger partial charge in [0.2, 0.25) is 5.91 Å². The molecule has 0 saturated heterocycles. The number of aliphatic imine (C=N–C) groups is 1. The van der Waals surface area contributed by atoms with Crippen LogP contribution in [0.3, 0.4) is 0 Å². The van der Waals surface area contributed by atoms with Crippen molar-refractivity contribution in [2.75, 3.05) is 32.7 Å². The molecule has 0 bridgehead atoms. The molecule has 0 radical (unpaired) electrons. The Balaban J connectivity index is 4.22. The molecule has 0 aliphatic carbocycles. The van der Waals surface area contributed by atoms with Crippen molar-refractivity contribution in [3.05, 3.63) is 11.6 Å². The summed E-state index contributed by atoms with van der Waals surface area (Å²) in [5.41, 5.74) is 21.1. The fourth-order valence-corrected chi connectivity index (χ4v) is 2.59. The number of aliphatic hydroxyl groups excluding tert-OH is 1. The number of carbonyl (C=O) groups excluding carboxylic acids is 2. The van der Waals surface area contributed by atoms with Gasteiger partial charge in [0, 0.05) is 13.1 Å². The van der Waals surface area contributed by atoms with Crippen LogP contribution in [-0.4, -0.2) is 61.7 Å². The number of unbranched alkanes of at least 4 members (excludes halogenated alkanes) is 5. The molecule has 0 saturated carbocycles. The summed E-state index contributed by atoms with van der Waals surface area (Å²) in [6.07, 6.45) is 6.76. The topological polar surface area (TPSA) is 195 Å². The van der Waals surface area contributed by atoms with Crippen LogP contribution in [0, 0.1) is 0 Å². The Morgan fingerprint density at radius 1 is 0.931 bits per heavy atom. The highest BCUT2D eigenvalue weighted by Crippen LogP contribution is 2.09. The summed E-state index contributed by atoms with van der Waals surface area (Å²) in [6, 6.07) is 0. The van der Waals surface area contributed by atoms with Gasteiger partial charge in [-0.2, -0.15) is 0 Å². The number of nitrogens with two attached hydrogens (primary N) is 4. The second kappa shape index (κ2) is 17.9. The summed E-state index contributed by atoms with van der Waals surface area (Å²) >= 11 is 0. The van der Waals surface area contributed by atoms with Crippen LogP contribution >= 0.6 is 0 Å². The van der Waals surface area contributed by atoms with Crippen molar-refractivity contribution in [3.63, 3.8) is 0 Å². The molecule has 11 N–H and O–H groups in total. The van der Waals surface area contributed by atoms with Crippen LogP contribution in [0.25, 0.3) is 0 Å². The van der Waals surface area contributed by atoms with E-state index in [0.717, 1.165) is 58.0 Å². The molecule has 10 nitrogen and oxygen atoms in total. The van der Waals surface area contributed by atoms with Gasteiger partial charge in [-0.3, -0.25) is 14.6 Å². The first-order valence-electron chi connectivity index (χ1n) is 10.3. The molecule has 0 spiro atoms. The molecule has 1 atom stereocenters. The van der Waals surface area contributed by atoms with E-state index >= 15 is 0 Å². The smallest absolute Gasteiger partial charge is 0.251 e. The number of hydrogen-bond donors (Lipinski definition) is 7. The first-order chi connectivity index (χ1) is 13.9. The van der Waals surface area contributed by atoms with Gasteiger partial charge in [0.1, 0.15) is 0 Å². The second-order valence-electron chi connectivity index (χ2n) is 6.83. The zero-order valence-corrected chi connectivity index (χ0v) is 17.4. The summed E-state index contributed by atoms with van der Waals surface area (Å²) < 4.78 is 0. The standard InChI is InChI=1S/C19H39N7O3/c20-10-8-12-24-11-6-7-13-25-18(29)15(16(27)17(21)28)9-4-2-1-3-5-14-26-19(22)23/h9,16,24,27H,1-8,10-14,20H2,(H2,21,28)(H,25,29)(H4,22,23,26). The summed E-state index contributed by atoms with van der Waals surface area (Å²) in [4.78, 5) is 27.5. The average molecular weight is 414 g/mol. The van der Waals surface area contributed by atoms with Crippen LogP contribution in [-0.2, 0) is 9.59 Å². The molecule has 0 aliphatic rings. The van der Waals surface area contributed by atoms with Gasteiger partial charge in [0.25, 0.3) is 5.91 Å². The lowest BCUT2D eigenvalue weighted by atomic mass is 10.0. The lowest BCUT2D eigenvalue weighted by Crippen LogP contribution is -2.38. The first-order valence-corrected chi connectivity index (χ1v) is 10.3. The van der Waals surface area contributed by atoms with E-state index in [1.165, 1.54) is 0 Å². The molecule has 0 aromatic rings. The molecule has 1 unspecified atom stereocenters. The molecule has 168 valence electrons. The Labute approximate surface area is 173 Å². The number of hydrogen-bond acceptors (Lipinski definition) is 6. The van der Waals surface area contributed by atoms with Gasteiger partial charge in [-0.05, 0) is 58.2 Å². The van der Waals surface area contributed by atoms with Crippen LogP contribution in [0.4, 0.5) is 0 Å². The van der Waals surface area contributed by atoms with Crippen LogP contribution < -0.4 is 33.6 Å². The molecular weight excluding hydrogens is 374 g/mol. The van der Waals surface area contributed by atoms with Crippen molar-refractivity contribution in [1.82, 2.24) is 10.6 Å². The van der Waals surface area contributed by atoms with E-state index in [1.807, 2.05) is 0 Å². The fraction of sp³-hybridized carbons (Fsp3) is 0.737. The van der Waals surface area contributed by atoms with Gasteiger partial charge in [-0.25, -0.2) is 0 Å². The highest BCUT2D eigenvalue weighted by atomic mass is 16.3. The number of nitrogens with one attached hydrogen (secondary N) is 2. The largest absolute Gasteiger partial charge is 0.378 e. The Morgan fingerprint density at radius 2 is 1.59 bits per heavy atom. The lowest BCUT2D eigenvalue weighted by molar-refractivity contribution is -0.127. The van der Waals surface area contributed by atoms with Crippen molar-refractivity contribution >= 4 is 17.8 Å². The van der Waals surface area contributed by atoms with E-state index in [0.29, 0.717) is 26.1 Å². The third-order valence-corrected chi connectivity index (χ3v) is 4.22. The molecule has 0 aliphatic heterocycles. The van der Waals surface area contributed by atoms with Crippen molar-refractivity contribution in [2.24, 2.45) is 27.9 Å². The van der Waals surface area contributed by atoms with Gasteiger partial charge < -0.3 is 38.7 Å². The van der Waals surface area contributed by atoms with Gasteiger partial charge in [-0.1, -0.05) is 18.9 Å². The predicted molar refractivity (Wildman–Crippen MR) is 116 cm³/mol. The second-order valence-corrected chi connectivity index (χ2v) is 6.83. The fourth-order valence-electron chi connectivity index (χ4n) is 2.59. The van der Waals surface area contributed by atoms with E-state index in [2.05, 4.69) is 15.6 Å². The maximum Gasteiger partial charge on any atom is 0.251 e. The highest BCUT2D eigenvalue weighted by molar-refractivity contribution is 6.01. The number of guanidine groups is 1. The monoisotopic (exact) mass is 413 g/mol. The van der Waals surface area contributed by atoms with Gasteiger partial charge in [-0.15, -0.1) is 0 Å². The third-order valence-electron chi connectivity index (χ3n) is 4.22. The minimum Gasteiger partial charge on any atom is -0.378 e. The lowest BCUT2D eigenvalue weighted by Gasteiger charge is -2.13. The number of nitrogens with zero attached hydrogens (tertiary/aromatic N) is 1. The highest BCUT2D eigenvalue weighted by Gasteiger charge is 2.22. The van der Waals surface area contributed by atoms with E-state index in [4.69, 9.17) is 22.9 Å². The molecule has 2 amide bonds. The van der Waals surface area contributed by atoms with Crippen LogP contribution in [0.15, 0.2) is 16.6 Å². The van der Waals surface area contributed by atoms with E-state index in [-0.39, 0.29) is 11.5 Å². The van der Waals surface area contributed by atoms with Gasteiger partial charge in [0.05, 0.1) is 5.57 Å². The molecule has 0 rings (SSSR count). The number of carbonyl (C=O) groups is 2. The number of rotatable bonds is 18.